The van der Waals surface area contributed by atoms with Gasteiger partial charge < -0.3 is 29.0 Å². The molecule has 1 heterocycles. The number of ether oxygens (including phenoxy) is 3. The standard InChI is InChI=1S/C16H21NO6/c1-16(20,22-4)13(18)9-23-11-7-5-6-10-12(21-3)8-14(19)17(2)15(10)11/h5-8,13,18,20H,9H2,1-4H3/t13-,16-/m0/s1. The van der Waals surface area contributed by atoms with Gasteiger partial charge in [-0.05, 0) is 19.1 Å². The van der Waals surface area contributed by atoms with Gasteiger partial charge in [-0.3, -0.25) is 4.79 Å². The summed E-state index contributed by atoms with van der Waals surface area (Å²) in [5.41, 5.74) is 0.302. The maximum atomic E-state index is 12.0. The maximum Gasteiger partial charge on any atom is 0.254 e. The average molecular weight is 323 g/mol. The average Bonchev–Trinajstić information content (AvgIpc) is 2.55. The molecule has 126 valence electrons. The Hall–Kier alpha value is -2.09. The molecule has 0 unspecified atom stereocenters. The molecule has 0 aliphatic carbocycles. The van der Waals surface area contributed by atoms with Crippen molar-refractivity contribution in [2.45, 2.75) is 18.8 Å². The normalized spacial score (nSPS) is 15.2. The van der Waals surface area contributed by atoms with Gasteiger partial charge >= 0.3 is 0 Å². The van der Waals surface area contributed by atoms with Crippen molar-refractivity contribution in [1.29, 1.82) is 0 Å². The number of benzene rings is 1. The monoisotopic (exact) mass is 323 g/mol. The summed E-state index contributed by atoms with van der Waals surface area (Å²) in [5.74, 6) is -0.890. The summed E-state index contributed by atoms with van der Waals surface area (Å²) < 4.78 is 17.1. The second-order valence-corrected chi connectivity index (χ2v) is 5.35. The Morgan fingerprint density at radius 1 is 1.30 bits per heavy atom. The van der Waals surface area contributed by atoms with Crippen LogP contribution < -0.4 is 15.0 Å². The second kappa shape index (κ2) is 6.57. The number of methoxy groups -OCH3 is 2. The van der Waals surface area contributed by atoms with E-state index in [9.17, 15) is 15.0 Å². The predicted molar refractivity (Wildman–Crippen MR) is 84.9 cm³/mol. The van der Waals surface area contributed by atoms with E-state index in [0.29, 0.717) is 22.4 Å². The van der Waals surface area contributed by atoms with Crippen LogP contribution in [0.3, 0.4) is 0 Å². The summed E-state index contributed by atoms with van der Waals surface area (Å²) >= 11 is 0. The molecule has 2 N–H and O–H groups in total. The smallest absolute Gasteiger partial charge is 0.254 e. The Morgan fingerprint density at radius 2 is 2.00 bits per heavy atom. The number of hydrogen-bond donors (Lipinski definition) is 2. The highest BCUT2D eigenvalue weighted by Crippen LogP contribution is 2.30. The van der Waals surface area contributed by atoms with Gasteiger partial charge in [-0.2, -0.15) is 0 Å². The first-order valence-electron chi connectivity index (χ1n) is 7.07. The maximum absolute atomic E-state index is 12.0. The lowest BCUT2D eigenvalue weighted by Gasteiger charge is -2.27. The molecule has 1 aromatic heterocycles. The summed E-state index contributed by atoms with van der Waals surface area (Å²) in [4.78, 5) is 12.0. The van der Waals surface area contributed by atoms with Crippen LogP contribution in [-0.4, -0.2) is 47.5 Å². The second-order valence-electron chi connectivity index (χ2n) is 5.35. The number of nitrogens with zero attached hydrogens (tertiary/aromatic N) is 1. The molecule has 23 heavy (non-hydrogen) atoms. The Morgan fingerprint density at radius 3 is 2.61 bits per heavy atom. The molecule has 0 aliphatic heterocycles. The summed E-state index contributed by atoms with van der Waals surface area (Å²) in [6.07, 6.45) is -1.26. The number of aryl methyl sites for hydroxylation is 1. The Bertz CT molecular complexity index is 752. The molecular weight excluding hydrogens is 302 g/mol. The number of para-hydroxylation sites is 1. The van der Waals surface area contributed by atoms with E-state index in [0.717, 1.165) is 0 Å². The predicted octanol–water partition coefficient (Wildman–Crippen LogP) is 0.642. The Kier molecular flexibility index (Phi) is 4.93. The molecule has 7 heteroatoms. The van der Waals surface area contributed by atoms with Crippen molar-refractivity contribution in [3.05, 3.63) is 34.6 Å². The van der Waals surface area contributed by atoms with E-state index in [-0.39, 0.29) is 12.2 Å². The van der Waals surface area contributed by atoms with Gasteiger partial charge in [0.15, 0.2) is 5.79 Å². The topological polar surface area (TPSA) is 90.2 Å². The van der Waals surface area contributed by atoms with E-state index >= 15 is 0 Å². The molecule has 0 aliphatic rings. The third-order valence-corrected chi connectivity index (χ3v) is 3.83. The first kappa shape index (κ1) is 17.3. The molecule has 0 amide bonds. The molecule has 0 saturated carbocycles. The number of hydrogen-bond acceptors (Lipinski definition) is 6. The Labute approximate surface area is 133 Å². The molecule has 2 rings (SSSR count). The first-order chi connectivity index (χ1) is 10.8. The van der Waals surface area contributed by atoms with Gasteiger partial charge in [0.05, 0.1) is 12.6 Å². The molecule has 0 saturated heterocycles. The van der Waals surface area contributed by atoms with Crippen LogP contribution in [-0.2, 0) is 11.8 Å². The van der Waals surface area contributed by atoms with E-state index in [2.05, 4.69) is 0 Å². The van der Waals surface area contributed by atoms with E-state index in [1.165, 1.54) is 31.8 Å². The van der Waals surface area contributed by atoms with Crippen LogP contribution in [0.25, 0.3) is 10.9 Å². The largest absolute Gasteiger partial charge is 0.496 e. The SMILES string of the molecule is COc1cc(=O)n(C)c2c(OC[C@H](O)[C@@](C)(O)OC)cccc12. The number of aromatic nitrogens is 1. The minimum Gasteiger partial charge on any atom is -0.496 e. The van der Waals surface area contributed by atoms with Crippen LogP contribution in [0.5, 0.6) is 11.5 Å². The number of aliphatic hydroxyl groups excluding tert-OH is 1. The van der Waals surface area contributed by atoms with E-state index < -0.39 is 11.9 Å². The fraction of sp³-hybridized carbons (Fsp3) is 0.438. The van der Waals surface area contributed by atoms with Crippen LogP contribution >= 0.6 is 0 Å². The summed E-state index contributed by atoms with van der Waals surface area (Å²) in [7, 11) is 4.40. The van der Waals surface area contributed by atoms with Gasteiger partial charge in [-0.1, -0.05) is 6.07 Å². The summed E-state index contributed by atoms with van der Waals surface area (Å²) in [5, 5.41) is 20.5. The zero-order valence-corrected chi connectivity index (χ0v) is 13.6. The first-order valence-corrected chi connectivity index (χ1v) is 7.07. The Balaban J connectivity index is 2.42. The molecular formula is C16H21NO6. The number of pyridine rings is 1. The molecule has 0 bridgehead atoms. The van der Waals surface area contributed by atoms with Gasteiger partial charge in [0.25, 0.3) is 5.56 Å². The minimum absolute atomic E-state index is 0.203. The highest BCUT2D eigenvalue weighted by Gasteiger charge is 2.30. The number of aliphatic hydroxyl groups is 2. The van der Waals surface area contributed by atoms with Gasteiger partial charge in [-0.25, -0.2) is 0 Å². The molecule has 0 radical (unpaired) electrons. The fourth-order valence-corrected chi connectivity index (χ4v) is 2.21. The van der Waals surface area contributed by atoms with Gasteiger partial charge in [-0.15, -0.1) is 0 Å². The summed E-state index contributed by atoms with van der Waals surface area (Å²) in [6.45, 7) is 1.13. The van der Waals surface area contributed by atoms with E-state index in [4.69, 9.17) is 14.2 Å². The van der Waals surface area contributed by atoms with Crippen LogP contribution in [0.15, 0.2) is 29.1 Å². The van der Waals surface area contributed by atoms with Gasteiger partial charge in [0.1, 0.15) is 24.2 Å². The molecule has 0 spiro atoms. The molecule has 2 aromatic rings. The van der Waals surface area contributed by atoms with E-state index in [1.54, 1.807) is 19.2 Å². The zero-order valence-electron chi connectivity index (χ0n) is 13.6. The van der Waals surface area contributed by atoms with Crippen molar-refractivity contribution in [3.63, 3.8) is 0 Å². The van der Waals surface area contributed by atoms with Crippen LogP contribution in [0.2, 0.25) is 0 Å². The van der Waals surface area contributed by atoms with Gasteiger partial charge in [0.2, 0.25) is 0 Å². The van der Waals surface area contributed by atoms with Crippen molar-refractivity contribution < 1.29 is 24.4 Å². The number of rotatable bonds is 6. The lowest BCUT2D eigenvalue weighted by molar-refractivity contribution is -0.235. The van der Waals surface area contributed by atoms with Crippen molar-refractivity contribution in [2.24, 2.45) is 7.05 Å². The fourth-order valence-electron chi connectivity index (χ4n) is 2.21. The minimum atomic E-state index is -1.73. The number of fused-ring (bicyclic) bond motifs is 1. The van der Waals surface area contributed by atoms with Crippen molar-refractivity contribution >= 4 is 10.9 Å². The zero-order chi connectivity index (χ0) is 17.2. The van der Waals surface area contributed by atoms with Crippen molar-refractivity contribution in [3.8, 4) is 11.5 Å². The van der Waals surface area contributed by atoms with Crippen LogP contribution in [0.4, 0.5) is 0 Å². The highest BCUT2D eigenvalue weighted by atomic mass is 16.6. The quantitative estimate of drug-likeness (QED) is 0.758. The van der Waals surface area contributed by atoms with Crippen molar-refractivity contribution in [2.75, 3.05) is 20.8 Å². The van der Waals surface area contributed by atoms with Crippen LogP contribution in [0.1, 0.15) is 6.92 Å². The van der Waals surface area contributed by atoms with E-state index in [1.807, 2.05) is 6.07 Å². The third kappa shape index (κ3) is 3.31. The third-order valence-electron chi connectivity index (χ3n) is 3.83. The van der Waals surface area contributed by atoms with Crippen molar-refractivity contribution in [1.82, 2.24) is 4.57 Å². The molecule has 0 fully saturated rings. The lowest BCUT2D eigenvalue weighted by atomic mass is 10.1. The highest BCUT2D eigenvalue weighted by molar-refractivity contribution is 5.90. The molecule has 7 nitrogen and oxygen atoms in total. The van der Waals surface area contributed by atoms with Crippen LogP contribution in [0, 0.1) is 0 Å². The van der Waals surface area contributed by atoms with Gasteiger partial charge in [0, 0.05) is 25.6 Å². The lowest BCUT2D eigenvalue weighted by Crippen LogP contribution is -2.44. The summed E-state index contributed by atoms with van der Waals surface area (Å²) in [6, 6.07) is 6.64. The molecule has 2 atom stereocenters. The molecule has 1 aromatic carbocycles.